The summed E-state index contributed by atoms with van der Waals surface area (Å²) in [5, 5.41) is 8.06. The summed E-state index contributed by atoms with van der Waals surface area (Å²) in [6.45, 7) is 3.44. The number of halogens is 1. The van der Waals surface area contributed by atoms with E-state index in [9.17, 15) is 0 Å². The van der Waals surface area contributed by atoms with Crippen LogP contribution in [-0.4, -0.2) is 34.3 Å². The van der Waals surface area contributed by atoms with Gasteiger partial charge < -0.3 is 5.11 Å². The lowest BCUT2D eigenvalue weighted by molar-refractivity contribution is 0.216. The van der Waals surface area contributed by atoms with Gasteiger partial charge in [-0.25, -0.2) is 0 Å². The fourth-order valence-corrected chi connectivity index (χ4v) is 0. The van der Waals surface area contributed by atoms with E-state index < -0.39 is 0 Å². The van der Waals surface area contributed by atoms with Crippen molar-refractivity contribution in [2.75, 3.05) is 0 Å². The van der Waals surface area contributed by atoms with Crippen molar-refractivity contribution < 1.29 is 5.11 Å². The van der Waals surface area contributed by atoms with Gasteiger partial charge in [0, 0.05) is 6.10 Å². The van der Waals surface area contributed by atoms with E-state index in [1.54, 1.807) is 13.8 Å². The highest BCUT2D eigenvalue weighted by Crippen LogP contribution is 1.65. The van der Waals surface area contributed by atoms with E-state index in [1.165, 1.54) is 0 Å². The highest BCUT2D eigenvalue weighted by Gasteiger charge is 1.69. The van der Waals surface area contributed by atoms with Crippen molar-refractivity contribution in [2.24, 2.45) is 0 Å². The van der Waals surface area contributed by atoms with E-state index in [4.69, 9.17) is 5.11 Å². The minimum Gasteiger partial charge on any atom is -0.394 e. The standard InChI is InChI=1S/C3H8O.ClH.Mg.2H/c1-3(2)4;;;;/h3-4H,1-2H3;1H;;;. The summed E-state index contributed by atoms with van der Waals surface area (Å²) in [5.74, 6) is 0. The van der Waals surface area contributed by atoms with E-state index in [1.807, 2.05) is 0 Å². The van der Waals surface area contributed by atoms with Gasteiger partial charge in [0.1, 0.15) is 0 Å². The third-order valence-corrected chi connectivity index (χ3v) is 0. The normalized spacial score (nSPS) is 6.00. The smallest absolute Gasteiger partial charge is 0.316 e. The second-order valence-corrected chi connectivity index (χ2v) is 1.09. The zero-order valence-corrected chi connectivity index (χ0v) is 4.25. The molecule has 0 amide bonds. The molecule has 0 aromatic carbocycles. The molecular formula is C3H11ClMgO. The molecule has 0 aliphatic rings. The van der Waals surface area contributed by atoms with Crippen molar-refractivity contribution in [3.05, 3.63) is 0 Å². The third-order valence-electron chi connectivity index (χ3n) is 0. The molecule has 0 spiro atoms. The van der Waals surface area contributed by atoms with Crippen molar-refractivity contribution >= 4 is 35.5 Å². The SMILES string of the molecule is CC(C)O.Cl.[MgH2]. The first-order valence-electron chi connectivity index (χ1n) is 1.41. The fourth-order valence-electron chi connectivity index (χ4n) is 0. The Morgan fingerprint density at radius 3 is 1.33 bits per heavy atom. The van der Waals surface area contributed by atoms with Crippen LogP contribution in [0.5, 0.6) is 0 Å². The average molecular weight is 123 g/mol. The lowest BCUT2D eigenvalue weighted by Gasteiger charge is -1.80. The van der Waals surface area contributed by atoms with Gasteiger partial charge in [0.15, 0.2) is 0 Å². The summed E-state index contributed by atoms with van der Waals surface area (Å²) >= 11 is 0. The maximum absolute atomic E-state index is 8.06. The van der Waals surface area contributed by atoms with Gasteiger partial charge in [-0.15, -0.1) is 12.4 Å². The number of hydrogen-bond donors (Lipinski definition) is 1. The summed E-state index contributed by atoms with van der Waals surface area (Å²) in [5.41, 5.74) is 0. The van der Waals surface area contributed by atoms with Gasteiger partial charge in [-0.1, -0.05) is 0 Å². The van der Waals surface area contributed by atoms with Gasteiger partial charge in [-0.2, -0.15) is 0 Å². The lowest BCUT2D eigenvalue weighted by Crippen LogP contribution is -1.85. The molecule has 0 unspecified atom stereocenters. The van der Waals surface area contributed by atoms with Crippen LogP contribution in [0.3, 0.4) is 0 Å². The van der Waals surface area contributed by atoms with Crippen molar-refractivity contribution in [1.82, 2.24) is 0 Å². The van der Waals surface area contributed by atoms with Crippen molar-refractivity contribution in [2.45, 2.75) is 20.0 Å². The van der Waals surface area contributed by atoms with E-state index in [0.717, 1.165) is 0 Å². The minimum atomic E-state index is -0.167. The molecule has 6 heavy (non-hydrogen) atoms. The highest BCUT2D eigenvalue weighted by molar-refractivity contribution is 5.85. The Morgan fingerprint density at radius 1 is 1.33 bits per heavy atom. The molecular weight excluding hydrogens is 112 g/mol. The quantitative estimate of drug-likeness (QED) is 0.445. The van der Waals surface area contributed by atoms with Gasteiger partial charge in [-0.05, 0) is 13.8 Å². The third kappa shape index (κ3) is 78.3. The first-order chi connectivity index (χ1) is 1.73. The monoisotopic (exact) mass is 122 g/mol. The Bertz CT molecular complexity index is 15.5. The van der Waals surface area contributed by atoms with Crippen LogP contribution in [0, 0.1) is 0 Å². The predicted molar refractivity (Wildman–Crippen MR) is 33.1 cm³/mol. The molecule has 0 saturated carbocycles. The van der Waals surface area contributed by atoms with Crippen LogP contribution in [0.4, 0.5) is 0 Å². The molecule has 0 aliphatic carbocycles. The molecule has 3 heteroatoms. The van der Waals surface area contributed by atoms with Crippen LogP contribution in [-0.2, 0) is 0 Å². The maximum atomic E-state index is 8.06. The largest absolute Gasteiger partial charge is 0.394 e. The minimum absolute atomic E-state index is 0. The van der Waals surface area contributed by atoms with Gasteiger partial charge in [0.2, 0.25) is 0 Å². The molecule has 0 aliphatic heterocycles. The first-order valence-corrected chi connectivity index (χ1v) is 1.41. The van der Waals surface area contributed by atoms with Gasteiger partial charge in [0.05, 0.1) is 0 Å². The molecule has 1 N–H and O–H groups in total. The van der Waals surface area contributed by atoms with Crippen molar-refractivity contribution in [1.29, 1.82) is 0 Å². The first kappa shape index (κ1) is 15.7. The van der Waals surface area contributed by atoms with Crippen molar-refractivity contribution in [3.63, 3.8) is 0 Å². The molecule has 0 atom stereocenters. The Hall–Kier alpha value is 1.02. The Labute approximate surface area is 60.7 Å². The Balaban J connectivity index is -0.0000000450. The van der Waals surface area contributed by atoms with Crippen molar-refractivity contribution in [3.8, 4) is 0 Å². The van der Waals surface area contributed by atoms with Crippen LogP contribution < -0.4 is 0 Å². The topological polar surface area (TPSA) is 20.2 Å². The molecule has 0 saturated heterocycles. The molecule has 0 bridgehead atoms. The summed E-state index contributed by atoms with van der Waals surface area (Å²) in [4.78, 5) is 0. The second-order valence-electron chi connectivity index (χ2n) is 1.09. The average Bonchev–Trinajstić information content (AvgIpc) is 0.811. The summed E-state index contributed by atoms with van der Waals surface area (Å²) in [7, 11) is 0. The van der Waals surface area contributed by atoms with Crippen LogP contribution in [0.15, 0.2) is 0 Å². The number of rotatable bonds is 0. The van der Waals surface area contributed by atoms with Gasteiger partial charge >= 0.3 is 23.1 Å². The Kier molecular flexibility index (Phi) is 24.6. The zero-order chi connectivity index (χ0) is 3.58. The predicted octanol–water partition coefficient (Wildman–Crippen LogP) is -0.107. The van der Waals surface area contributed by atoms with E-state index in [0.29, 0.717) is 0 Å². The molecule has 0 rings (SSSR count). The van der Waals surface area contributed by atoms with Gasteiger partial charge in [0.25, 0.3) is 0 Å². The maximum Gasteiger partial charge on any atom is 0.316 e. The summed E-state index contributed by atoms with van der Waals surface area (Å²) < 4.78 is 0. The highest BCUT2D eigenvalue weighted by atomic mass is 35.5. The van der Waals surface area contributed by atoms with E-state index in [2.05, 4.69) is 0 Å². The summed E-state index contributed by atoms with van der Waals surface area (Å²) in [6, 6.07) is 0. The van der Waals surface area contributed by atoms with Crippen LogP contribution in [0.25, 0.3) is 0 Å². The van der Waals surface area contributed by atoms with E-state index >= 15 is 0 Å². The van der Waals surface area contributed by atoms with Gasteiger partial charge in [-0.3, -0.25) is 0 Å². The number of aliphatic hydroxyl groups is 1. The van der Waals surface area contributed by atoms with Crippen LogP contribution >= 0.6 is 12.4 Å². The van der Waals surface area contributed by atoms with E-state index in [-0.39, 0.29) is 41.6 Å². The number of aliphatic hydroxyl groups excluding tert-OH is 1. The second kappa shape index (κ2) is 9.39. The molecule has 1 nitrogen and oxygen atoms in total. The molecule has 0 fully saturated rings. The molecule has 0 aromatic rings. The molecule has 0 radical (unpaired) electrons. The molecule has 0 heterocycles. The van der Waals surface area contributed by atoms with Crippen LogP contribution in [0.1, 0.15) is 13.8 Å². The van der Waals surface area contributed by atoms with Crippen LogP contribution in [0.2, 0.25) is 0 Å². The molecule has 38 valence electrons. The zero-order valence-electron chi connectivity index (χ0n) is 3.43. The summed E-state index contributed by atoms with van der Waals surface area (Å²) in [6.07, 6.45) is -0.167. The Morgan fingerprint density at radius 2 is 1.33 bits per heavy atom. The fraction of sp³-hybridized carbons (Fsp3) is 1.00. The molecule has 0 aromatic heterocycles. The lowest BCUT2D eigenvalue weighted by atomic mass is 10.5. The number of hydrogen-bond acceptors (Lipinski definition) is 1.